The highest BCUT2D eigenvalue weighted by Crippen LogP contribution is 2.21. The van der Waals surface area contributed by atoms with E-state index in [4.69, 9.17) is 19.8 Å². The van der Waals surface area contributed by atoms with Gasteiger partial charge in [-0.05, 0) is 50.4 Å². The van der Waals surface area contributed by atoms with Crippen LogP contribution in [-0.2, 0) is 20.8 Å². The maximum absolute atomic E-state index is 13.0. The zero-order chi connectivity index (χ0) is 23.2. The lowest BCUT2D eigenvalue weighted by Crippen LogP contribution is -2.52. The van der Waals surface area contributed by atoms with Gasteiger partial charge in [0.05, 0.1) is 6.42 Å². The fraction of sp³-hybridized carbons (Fsp3) is 0.591. The fourth-order valence-corrected chi connectivity index (χ4v) is 4.03. The summed E-state index contributed by atoms with van der Waals surface area (Å²) in [5, 5.41) is 13.8. The van der Waals surface area contributed by atoms with Crippen molar-refractivity contribution in [2.75, 3.05) is 46.3 Å². The van der Waals surface area contributed by atoms with Gasteiger partial charge >= 0.3 is 0 Å². The molecule has 0 radical (unpaired) electrons. The van der Waals surface area contributed by atoms with Gasteiger partial charge in [-0.1, -0.05) is 12.1 Å². The quantitative estimate of drug-likeness (QED) is 0.688. The maximum atomic E-state index is 13.0. The third-order valence-electron chi connectivity index (χ3n) is 5.70. The lowest BCUT2D eigenvalue weighted by molar-refractivity contribution is -0.132. The first kappa shape index (κ1) is 26.5. The minimum Gasteiger partial charge on any atom is -0.483 e. The highest BCUT2D eigenvalue weighted by Gasteiger charge is 2.27. The molecule has 2 saturated heterocycles. The van der Waals surface area contributed by atoms with Gasteiger partial charge in [0.25, 0.3) is 12.9 Å². The molecule has 8 nitrogen and oxygen atoms in total. The first-order chi connectivity index (χ1) is 14.8. The molecule has 2 fully saturated rings. The predicted octanol–water partition coefficient (Wildman–Crippen LogP) is 1.64. The first-order valence-corrected chi connectivity index (χ1v) is 10.4. The molecule has 31 heavy (non-hydrogen) atoms. The van der Waals surface area contributed by atoms with E-state index in [1.54, 1.807) is 12.1 Å². The number of rotatable bonds is 4. The van der Waals surface area contributed by atoms with Crippen LogP contribution >= 0.6 is 0 Å². The van der Waals surface area contributed by atoms with Crippen molar-refractivity contribution < 1.29 is 29.0 Å². The van der Waals surface area contributed by atoms with E-state index < -0.39 is 0 Å². The summed E-state index contributed by atoms with van der Waals surface area (Å²) in [6.07, 6.45) is 2.56. The molecular weight excluding hydrogens is 405 g/mol. The molecule has 1 unspecified atom stereocenters. The Bertz CT molecular complexity index is 660. The van der Waals surface area contributed by atoms with E-state index in [1.165, 1.54) is 12.1 Å². The van der Waals surface area contributed by atoms with Crippen molar-refractivity contribution in [2.45, 2.75) is 32.2 Å². The Kier molecular flexibility index (Phi) is 12.4. The van der Waals surface area contributed by atoms with Crippen LogP contribution in [0.25, 0.3) is 0 Å². The van der Waals surface area contributed by atoms with Gasteiger partial charge in [0.2, 0.25) is 5.91 Å². The lowest BCUT2D eigenvalue weighted by Gasteiger charge is -2.41. The number of carbonyl (C=O) groups excluding carboxylic acids is 1. The molecule has 2 aliphatic heterocycles. The van der Waals surface area contributed by atoms with Gasteiger partial charge in [-0.3, -0.25) is 19.3 Å². The predicted molar refractivity (Wildman–Crippen MR) is 115 cm³/mol. The molecule has 1 aromatic carbocycles. The van der Waals surface area contributed by atoms with E-state index in [0.717, 1.165) is 57.7 Å². The van der Waals surface area contributed by atoms with Gasteiger partial charge in [0.15, 0.2) is 0 Å². The number of likely N-dealkylation sites (tertiary alicyclic amines) is 1. The Morgan fingerprint density at radius 2 is 1.61 bits per heavy atom. The first-order valence-electron chi connectivity index (χ1n) is 10.4. The smallest absolute Gasteiger partial charge is 0.290 e. The van der Waals surface area contributed by atoms with E-state index in [1.807, 2.05) is 4.90 Å². The van der Waals surface area contributed by atoms with Crippen molar-refractivity contribution in [1.29, 1.82) is 0 Å². The number of halogens is 1. The third kappa shape index (κ3) is 9.89. The Balaban J connectivity index is 0.000000720. The van der Waals surface area contributed by atoms with E-state index >= 15 is 0 Å². The van der Waals surface area contributed by atoms with Crippen LogP contribution in [0.1, 0.15) is 25.3 Å². The van der Waals surface area contributed by atoms with E-state index in [9.17, 15) is 9.18 Å². The van der Waals surface area contributed by atoms with E-state index in [-0.39, 0.29) is 24.7 Å². The minimum absolute atomic E-state index is 0.165. The molecule has 1 amide bonds. The summed E-state index contributed by atoms with van der Waals surface area (Å²) < 4.78 is 13.0. The average Bonchev–Trinajstić information content (AvgIpc) is 2.73. The molecule has 2 heterocycles. The van der Waals surface area contributed by atoms with Gasteiger partial charge in [0.1, 0.15) is 5.82 Å². The fourth-order valence-electron chi connectivity index (χ4n) is 4.03. The number of carbonyl (C=O) groups is 3. The highest BCUT2D eigenvalue weighted by atomic mass is 19.1. The van der Waals surface area contributed by atoms with Crippen molar-refractivity contribution >= 4 is 18.9 Å². The van der Waals surface area contributed by atoms with Crippen LogP contribution in [0.5, 0.6) is 0 Å². The molecule has 0 spiro atoms. The summed E-state index contributed by atoms with van der Waals surface area (Å²) in [6, 6.07) is 6.87. The van der Waals surface area contributed by atoms with Crippen LogP contribution < -0.4 is 0 Å². The van der Waals surface area contributed by atoms with Gasteiger partial charge in [-0.25, -0.2) is 4.39 Å². The summed E-state index contributed by atoms with van der Waals surface area (Å²) in [5.74, 6) is 0.605. The molecular formula is C22H34FN3O5. The number of likely N-dealkylation sites (N-methyl/N-ethyl adjacent to an activating group) is 1. The molecule has 9 heteroatoms. The van der Waals surface area contributed by atoms with Crippen molar-refractivity contribution in [3.05, 3.63) is 35.6 Å². The van der Waals surface area contributed by atoms with Crippen LogP contribution in [0.15, 0.2) is 24.3 Å². The van der Waals surface area contributed by atoms with Gasteiger partial charge < -0.3 is 20.0 Å². The van der Waals surface area contributed by atoms with Crippen LogP contribution in [0.2, 0.25) is 0 Å². The standard InChI is InChI=1S/C20H30FN3O.2CH2O2/c1-16-14-22(2)11-12-24(16)15-18-7-9-23(10-8-18)20(25)13-17-3-5-19(21)6-4-17;2*2-1-3/h3-6,16,18H,7-15H2,1-2H3;2*1H,(H,2,3). The van der Waals surface area contributed by atoms with Crippen LogP contribution in [-0.4, -0.2) is 96.1 Å². The highest BCUT2D eigenvalue weighted by molar-refractivity contribution is 5.78. The largest absolute Gasteiger partial charge is 0.483 e. The van der Waals surface area contributed by atoms with Crippen molar-refractivity contribution in [2.24, 2.45) is 5.92 Å². The van der Waals surface area contributed by atoms with Crippen molar-refractivity contribution in [3.8, 4) is 0 Å². The molecule has 0 bridgehead atoms. The zero-order valence-corrected chi connectivity index (χ0v) is 18.3. The number of piperidine rings is 1. The number of piperazine rings is 1. The number of benzene rings is 1. The second kappa shape index (κ2) is 14.5. The van der Waals surface area contributed by atoms with Crippen LogP contribution in [0, 0.1) is 11.7 Å². The summed E-state index contributed by atoms with van der Waals surface area (Å²) in [4.78, 5) is 36.2. The Morgan fingerprint density at radius 3 is 2.13 bits per heavy atom. The van der Waals surface area contributed by atoms with Crippen LogP contribution in [0.4, 0.5) is 4.39 Å². The summed E-state index contributed by atoms with van der Waals surface area (Å²) in [7, 11) is 2.19. The lowest BCUT2D eigenvalue weighted by atomic mass is 9.94. The number of hydrogen-bond donors (Lipinski definition) is 2. The Hall–Kier alpha value is -2.52. The van der Waals surface area contributed by atoms with Crippen LogP contribution in [0.3, 0.4) is 0 Å². The van der Waals surface area contributed by atoms with E-state index in [0.29, 0.717) is 18.4 Å². The topological polar surface area (TPSA) is 101 Å². The van der Waals surface area contributed by atoms with Gasteiger partial charge in [-0.15, -0.1) is 0 Å². The molecule has 0 aliphatic carbocycles. The number of amides is 1. The molecule has 2 N–H and O–H groups in total. The normalized spacial score (nSPS) is 20.0. The van der Waals surface area contributed by atoms with Crippen molar-refractivity contribution in [1.82, 2.24) is 14.7 Å². The van der Waals surface area contributed by atoms with E-state index in [2.05, 4.69) is 23.8 Å². The molecule has 174 valence electrons. The molecule has 0 aromatic heterocycles. The summed E-state index contributed by atoms with van der Waals surface area (Å²) >= 11 is 0. The minimum atomic E-state index is -0.254. The average molecular weight is 440 g/mol. The monoisotopic (exact) mass is 439 g/mol. The second-order valence-corrected chi connectivity index (χ2v) is 7.94. The summed E-state index contributed by atoms with van der Waals surface area (Å²) in [5.41, 5.74) is 0.889. The number of hydrogen-bond acceptors (Lipinski definition) is 5. The maximum Gasteiger partial charge on any atom is 0.290 e. The molecule has 1 aromatic rings. The molecule has 1 atom stereocenters. The third-order valence-corrected chi connectivity index (χ3v) is 5.70. The Morgan fingerprint density at radius 1 is 1.06 bits per heavy atom. The SMILES string of the molecule is CC1CN(C)CCN1CC1CCN(C(=O)Cc2ccc(F)cc2)CC1.O=CO.O=CO. The van der Waals surface area contributed by atoms with Crippen molar-refractivity contribution in [3.63, 3.8) is 0 Å². The molecule has 3 rings (SSSR count). The zero-order valence-electron chi connectivity index (χ0n) is 18.3. The number of carboxylic acid groups (broad SMARTS) is 2. The summed E-state index contributed by atoms with van der Waals surface area (Å²) in [6.45, 7) is 8.14. The van der Waals surface area contributed by atoms with Gasteiger partial charge in [0, 0.05) is 45.3 Å². The Labute approximate surface area is 183 Å². The van der Waals surface area contributed by atoms with Gasteiger partial charge in [-0.2, -0.15) is 0 Å². The number of nitrogens with zero attached hydrogens (tertiary/aromatic N) is 3. The molecule has 2 aliphatic rings. The molecule has 0 saturated carbocycles. The second-order valence-electron chi connectivity index (χ2n) is 7.94.